The summed E-state index contributed by atoms with van der Waals surface area (Å²) in [6, 6.07) is 10.2. The van der Waals surface area contributed by atoms with E-state index in [4.69, 9.17) is 9.15 Å². The number of aromatic nitrogens is 1. The van der Waals surface area contributed by atoms with Crippen LogP contribution < -0.4 is 5.32 Å². The molecule has 1 aromatic carbocycles. The molecule has 2 heterocycles. The Morgan fingerprint density at radius 3 is 2.62 bits per heavy atom. The van der Waals surface area contributed by atoms with Gasteiger partial charge in [-0.3, -0.25) is 0 Å². The molecule has 1 fully saturated rings. The van der Waals surface area contributed by atoms with Gasteiger partial charge in [0.2, 0.25) is 17.5 Å². The third kappa shape index (κ3) is 3.60. The smallest absolute Gasteiger partial charge is 0.232 e. The van der Waals surface area contributed by atoms with Crippen LogP contribution in [0.25, 0.3) is 11.5 Å². The first-order valence-corrected chi connectivity index (χ1v) is 8.34. The molecule has 5 heteroatoms. The zero-order valence-corrected chi connectivity index (χ0v) is 14.4. The molecule has 0 radical (unpaired) electrons. The second-order valence-electron chi connectivity index (χ2n) is 7.15. The number of rotatable bonds is 4. The van der Waals surface area contributed by atoms with Crippen molar-refractivity contribution in [2.24, 2.45) is 0 Å². The molecule has 2 aromatic rings. The molecule has 3 rings (SSSR count). The highest BCUT2D eigenvalue weighted by molar-refractivity contribution is 5.59. The second-order valence-corrected chi connectivity index (χ2v) is 7.15. The van der Waals surface area contributed by atoms with Crippen LogP contribution in [0.1, 0.15) is 44.9 Å². The lowest BCUT2D eigenvalue weighted by atomic mass is 9.87. The molecule has 0 aliphatic carbocycles. The van der Waals surface area contributed by atoms with Crippen LogP contribution in [0.4, 0.5) is 5.88 Å². The van der Waals surface area contributed by atoms with Crippen LogP contribution in [0.15, 0.2) is 28.7 Å². The molecule has 0 bridgehead atoms. The predicted molar refractivity (Wildman–Crippen MR) is 92.8 cm³/mol. The molecular weight excluding hydrogens is 302 g/mol. The molecule has 0 spiro atoms. The third-order valence-electron chi connectivity index (χ3n) is 4.25. The van der Waals surface area contributed by atoms with E-state index in [9.17, 15) is 5.26 Å². The quantitative estimate of drug-likeness (QED) is 0.916. The molecule has 0 amide bonds. The van der Waals surface area contributed by atoms with Gasteiger partial charge in [0, 0.05) is 18.7 Å². The van der Waals surface area contributed by atoms with Gasteiger partial charge in [0.15, 0.2) is 0 Å². The lowest BCUT2D eigenvalue weighted by Gasteiger charge is -2.18. The molecule has 1 atom stereocenters. The lowest BCUT2D eigenvalue weighted by Crippen LogP contribution is -2.18. The minimum Gasteiger partial charge on any atom is -0.419 e. The van der Waals surface area contributed by atoms with Crippen LogP contribution in [-0.2, 0) is 10.2 Å². The summed E-state index contributed by atoms with van der Waals surface area (Å²) in [7, 11) is 0. The predicted octanol–water partition coefficient (Wildman–Crippen LogP) is 4.10. The fourth-order valence-electron chi connectivity index (χ4n) is 2.76. The van der Waals surface area contributed by atoms with Gasteiger partial charge in [-0.05, 0) is 36.0 Å². The summed E-state index contributed by atoms with van der Waals surface area (Å²) >= 11 is 0. The van der Waals surface area contributed by atoms with E-state index >= 15 is 0 Å². The largest absolute Gasteiger partial charge is 0.419 e. The van der Waals surface area contributed by atoms with E-state index in [2.05, 4.69) is 49.3 Å². The van der Waals surface area contributed by atoms with E-state index in [1.54, 1.807) is 0 Å². The van der Waals surface area contributed by atoms with Crippen molar-refractivity contribution < 1.29 is 9.15 Å². The highest BCUT2D eigenvalue weighted by Gasteiger charge is 2.19. The molecule has 0 unspecified atom stereocenters. The number of hydrogen-bond acceptors (Lipinski definition) is 5. The summed E-state index contributed by atoms with van der Waals surface area (Å²) in [6.07, 6.45) is 2.29. The Balaban J connectivity index is 1.77. The first kappa shape index (κ1) is 16.5. The minimum absolute atomic E-state index is 0.0981. The summed E-state index contributed by atoms with van der Waals surface area (Å²) in [5, 5.41) is 12.4. The van der Waals surface area contributed by atoms with Gasteiger partial charge >= 0.3 is 0 Å². The number of oxazole rings is 1. The highest BCUT2D eigenvalue weighted by atomic mass is 16.5. The van der Waals surface area contributed by atoms with Crippen molar-refractivity contribution in [3.05, 3.63) is 35.5 Å². The number of nitrogens with zero attached hydrogens (tertiary/aromatic N) is 2. The Morgan fingerprint density at radius 1 is 1.29 bits per heavy atom. The molecule has 1 saturated heterocycles. The van der Waals surface area contributed by atoms with Crippen LogP contribution in [0.3, 0.4) is 0 Å². The minimum atomic E-state index is 0.0981. The van der Waals surface area contributed by atoms with Gasteiger partial charge in [-0.25, -0.2) is 0 Å². The summed E-state index contributed by atoms with van der Waals surface area (Å²) in [6.45, 7) is 7.96. The number of anilines is 1. The zero-order valence-electron chi connectivity index (χ0n) is 14.4. The fraction of sp³-hybridized carbons (Fsp3) is 0.474. The Labute approximate surface area is 142 Å². The van der Waals surface area contributed by atoms with E-state index in [1.807, 2.05) is 12.1 Å². The van der Waals surface area contributed by atoms with Gasteiger partial charge in [0.05, 0.1) is 6.10 Å². The number of nitriles is 1. The standard InChI is InChI=1S/C19H23N3O2/c1-19(2,3)14-8-6-13(7-9-14)17-22-16(11-20)18(24-17)21-12-15-5-4-10-23-15/h6-9,15,21H,4-5,10,12H2,1-3H3/t15-/m0/s1. The molecule has 0 saturated carbocycles. The topological polar surface area (TPSA) is 71.1 Å². The van der Waals surface area contributed by atoms with E-state index in [0.29, 0.717) is 18.3 Å². The monoisotopic (exact) mass is 325 g/mol. The normalized spacial score (nSPS) is 17.7. The maximum atomic E-state index is 9.28. The Hall–Kier alpha value is -2.32. The van der Waals surface area contributed by atoms with Crippen LogP contribution in [-0.4, -0.2) is 24.2 Å². The Kier molecular flexibility index (Phi) is 4.59. The van der Waals surface area contributed by atoms with Crippen LogP contribution in [0, 0.1) is 11.3 Å². The van der Waals surface area contributed by atoms with Gasteiger partial charge < -0.3 is 14.5 Å². The van der Waals surface area contributed by atoms with Gasteiger partial charge in [0.25, 0.3) is 0 Å². The maximum absolute atomic E-state index is 9.28. The highest BCUT2D eigenvalue weighted by Crippen LogP contribution is 2.28. The number of benzene rings is 1. The van der Waals surface area contributed by atoms with Crippen molar-refractivity contribution >= 4 is 5.88 Å². The summed E-state index contributed by atoms with van der Waals surface area (Å²) in [5.74, 6) is 0.879. The van der Waals surface area contributed by atoms with Gasteiger partial charge in [0.1, 0.15) is 6.07 Å². The average Bonchev–Trinajstić information content (AvgIpc) is 3.21. The Bertz CT molecular complexity index is 729. The van der Waals surface area contributed by atoms with Crippen molar-refractivity contribution in [1.82, 2.24) is 4.98 Å². The summed E-state index contributed by atoms with van der Waals surface area (Å²) < 4.78 is 11.4. The van der Waals surface area contributed by atoms with Crippen molar-refractivity contribution in [3.8, 4) is 17.5 Å². The summed E-state index contributed by atoms with van der Waals surface area (Å²) in [5.41, 5.74) is 2.49. The zero-order chi connectivity index (χ0) is 17.2. The molecule has 1 aromatic heterocycles. The van der Waals surface area contributed by atoms with Crippen molar-refractivity contribution in [2.75, 3.05) is 18.5 Å². The first-order valence-electron chi connectivity index (χ1n) is 8.34. The molecule has 126 valence electrons. The van der Waals surface area contributed by atoms with Gasteiger partial charge in [-0.1, -0.05) is 32.9 Å². The van der Waals surface area contributed by atoms with Crippen LogP contribution >= 0.6 is 0 Å². The van der Waals surface area contributed by atoms with Gasteiger partial charge in [-0.2, -0.15) is 10.2 Å². The maximum Gasteiger partial charge on any atom is 0.232 e. The SMILES string of the molecule is CC(C)(C)c1ccc(-c2nc(C#N)c(NC[C@@H]3CCCO3)o2)cc1. The molecule has 1 aliphatic heterocycles. The van der Waals surface area contributed by atoms with Crippen LogP contribution in [0.5, 0.6) is 0 Å². The second kappa shape index (κ2) is 6.66. The molecular formula is C19H23N3O2. The van der Waals surface area contributed by atoms with E-state index in [1.165, 1.54) is 5.56 Å². The molecule has 24 heavy (non-hydrogen) atoms. The van der Waals surface area contributed by atoms with Crippen molar-refractivity contribution in [1.29, 1.82) is 5.26 Å². The van der Waals surface area contributed by atoms with Gasteiger partial charge in [-0.15, -0.1) is 0 Å². The summed E-state index contributed by atoms with van der Waals surface area (Å²) in [4.78, 5) is 4.30. The Morgan fingerprint density at radius 2 is 2.04 bits per heavy atom. The molecule has 1 N–H and O–H groups in total. The lowest BCUT2D eigenvalue weighted by molar-refractivity contribution is 0.120. The van der Waals surface area contributed by atoms with E-state index < -0.39 is 0 Å². The van der Waals surface area contributed by atoms with Crippen molar-refractivity contribution in [2.45, 2.75) is 45.1 Å². The number of ether oxygens (including phenoxy) is 1. The first-order chi connectivity index (χ1) is 11.5. The van der Waals surface area contributed by atoms with Crippen molar-refractivity contribution in [3.63, 3.8) is 0 Å². The fourth-order valence-corrected chi connectivity index (χ4v) is 2.76. The van der Waals surface area contributed by atoms with E-state index in [-0.39, 0.29) is 17.2 Å². The molecule has 5 nitrogen and oxygen atoms in total. The number of hydrogen-bond donors (Lipinski definition) is 1. The van der Waals surface area contributed by atoms with Crippen LogP contribution in [0.2, 0.25) is 0 Å². The third-order valence-corrected chi connectivity index (χ3v) is 4.25. The molecule has 1 aliphatic rings. The van der Waals surface area contributed by atoms with E-state index in [0.717, 1.165) is 25.0 Å². The number of nitrogens with one attached hydrogen (secondary N) is 1. The average molecular weight is 325 g/mol.